The molecule has 1 amide bonds. The average Bonchev–Trinajstić information content (AvgIpc) is 2.77. The molecule has 0 radical (unpaired) electrons. The van der Waals surface area contributed by atoms with E-state index >= 15 is 0 Å². The summed E-state index contributed by atoms with van der Waals surface area (Å²) >= 11 is 0. The highest BCUT2D eigenvalue weighted by atomic mass is 19.4. The summed E-state index contributed by atoms with van der Waals surface area (Å²) in [5.74, 6) is -9.23. The van der Waals surface area contributed by atoms with Crippen LogP contribution in [0.3, 0.4) is 0 Å². The fourth-order valence-corrected chi connectivity index (χ4v) is 1.76. The van der Waals surface area contributed by atoms with Gasteiger partial charge in [0.15, 0.2) is 0 Å². The number of benzene rings is 1. The molecule has 0 aliphatic carbocycles. The number of rotatable bonds is 2. The molecule has 0 aromatic heterocycles. The number of aliphatic carboxylic acids is 1. The number of amides is 1. The van der Waals surface area contributed by atoms with Crippen molar-refractivity contribution in [2.75, 3.05) is 13.1 Å². The molecule has 140 valence electrons. The first kappa shape index (κ1) is 20.7. The summed E-state index contributed by atoms with van der Waals surface area (Å²) in [6, 6.07) is 1.41. The molecule has 1 heterocycles. The second kappa shape index (κ2) is 7.68. The van der Waals surface area contributed by atoms with Gasteiger partial charge < -0.3 is 15.7 Å². The summed E-state index contributed by atoms with van der Waals surface area (Å²) in [7, 11) is 0. The fraction of sp³-hybridized carbons (Fsp3) is 0.385. The zero-order valence-electron chi connectivity index (χ0n) is 12.1. The van der Waals surface area contributed by atoms with Gasteiger partial charge in [0.1, 0.15) is 23.2 Å². The fourth-order valence-electron chi connectivity index (χ4n) is 1.76. The van der Waals surface area contributed by atoms with Gasteiger partial charge in [0, 0.05) is 6.54 Å². The molecule has 1 atom stereocenters. The van der Waals surface area contributed by atoms with Crippen LogP contribution in [-0.2, 0) is 4.79 Å². The lowest BCUT2D eigenvalue weighted by molar-refractivity contribution is -0.192. The van der Waals surface area contributed by atoms with E-state index in [1.807, 2.05) is 5.32 Å². The third kappa shape index (κ3) is 5.59. The maximum absolute atomic E-state index is 13.3. The zero-order chi connectivity index (χ0) is 19.4. The number of carbonyl (C=O) groups excluding carboxylic acids is 1. The molecule has 12 heteroatoms. The largest absolute Gasteiger partial charge is 0.490 e. The van der Waals surface area contributed by atoms with E-state index in [-0.39, 0.29) is 6.54 Å². The second-order valence-corrected chi connectivity index (χ2v) is 4.82. The standard InChI is InChI=1S/C11H10F4N2O.C2HF3O2/c12-6-2-1-3-7(13)9(6)10(18)17-8-4-16-5-11(8,14)15;3-2(4,5)1(6)7/h1-3,8,16H,4-5H2,(H,17,18);(H,6,7). The number of halogens is 7. The van der Waals surface area contributed by atoms with E-state index in [0.717, 1.165) is 18.2 Å². The van der Waals surface area contributed by atoms with Gasteiger partial charge in [-0.05, 0) is 12.1 Å². The van der Waals surface area contributed by atoms with Crippen LogP contribution in [0.5, 0.6) is 0 Å². The number of alkyl halides is 5. The minimum Gasteiger partial charge on any atom is -0.475 e. The Bertz CT molecular complexity index is 629. The Balaban J connectivity index is 0.000000381. The quantitative estimate of drug-likeness (QED) is 0.690. The number of nitrogens with one attached hydrogen (secondary N) is 2. The Kier molecular flexibility index (Phi) is 6.35. The van der Waals surface area contributed by atoms with Crippen LogP contribution in [0.1, 0.15) is 10.4 Å². The van der Waals surface area contributed by atoms with E-state index in [1.54, 1.807) is 0 Å². The average molecular weight is 376 g/mol. The highest BCUT2D eigenvalue weighted by Crippen LogP contribution is 2.22. The van der Waals surface area contributed by atoms with Gasteiger partial charge in [-0.1, -0.05) is 6.07 Å². The van der Waals surface area contributed by atoms with Gasteiger partial charge in [0.05, 0.1) is 6.54 Å². The molecule has 1 saturated heterocycles. The van der Waals surface area contributed by atoms with Crippen molar-refractivity contribution in [3.8, 4) is 0 Å². The van der Waals surface area contributed by atoms with Gasteiger partial charge in [-0.2, -0.15) is 13.2 Å². The third-order valence-electron chi connectivity index (χ3n) is 2.96. The van der Waals surface area contributed by atoms with Gasteiger partial charge in [0.25, 0.3) is 11.8 Å². The summed E-state index contributed by atoms with van der Waals surface area (Å²) < 4.78 is 84.7. The summed E-state index contributed by atoms with van der Waals surface area (Å²) in [5.41, 5.74) is -0.847. The maximum Gasteiger partial charge on any atom is 0.490 e. The van der Waals surface area contributed by atoms with Crippen LogP contribution < -0.4 is 10.6 Å². The molecule has 25 heavy (non-hydrogen) atoms. The number of hydrogen-bond donors (Lipinski definition) is 3. The Labute approximate surface area is 135 Å². The highest BCUT2D eigenvalue weighted by molar-refractivity contribution is 5.95. The van der Waals surface area contributed by atoms with E-state index in [0.29, 0.717) is 0 Å². The van der Waals surface area contributed by atoms with Crippen LogP contribution in [0.2, 0.25) is 0 Å². The Morgan fingerprint density at radius 2 is 1.68 bits per heavy atom. The van der Waals surface area contributed by atoms with Crippen molar-refractivity contribution in [3.05, 3.63) is 35.4 Å². The summed E-state index contributed by atoms with van der Waals surface area (Å²) in [6.45, 7) is -0.716. The number of carbonyl (C=O) groups is 2. The van der Waals surface area contributed by atoms with E-state index in [2.05, 4.69) is 5.32 Å². The maximum atomic E-state index is 13.3. The predicted octanol–water partition coefficient (Wildman–Crippen LogP) is 1.94. The van der Waals surface area contributed by atoms with Crippen LogP contribution >= 0.6 is 0 Å². The number of carboxylic acids is 1. The smallest absolute Gasteiger partial charge is 0.475 e. The molecule has 1 aliphatic rings. The molecule has 1 fully saturated rings. The first-order valence-corrected chi connectivity index (χ1v) is 6.50. The minimum absolute atomic E-state index is 0.144. The van der Waals surface area contributed by atoms with Crippen molar-refractivity contribution in [1.82, 2.24) is 10.6 Å². The number of carboxylic acid groups (broad SMARTS) is 1. The van der Waals surface area contributed by atoms with Crippen molar-refractivity contribution >= 4 is 11.9 Å². The first-order chi connectivity index (χ1) is 11.4. The molecule has 1 unspecified atom stereocenters. The SMILES string of the molecule is O=C(NC1CNCC1(F)F)c1c(F)cccc1F.O=C(O)C(F)(F)F. The van der Waals surface area contributed by atoms with Gasteiger partial charge >= 0.3 is 12.1 Å². The van der Waals surface area contributed by atoms with E-state index in [9.17, 15) is 35.5 Å². The van der Waals surface area contributed by atoms with Crippen LogP contribution in [0, 0.1) is 11.6 Å². The molecule has 1 aromatic rings. The molecule has 1 aliphatic heterocycles. The van der Waals surface area contributed by atoms with Gasteiger partial charge in [-0.15, -0.1) is 0 Å². The van der Waals surface area contributed by atoms with Gasteiger partial charge in [-0.3, -0.25) is 4.79 Å². The van der Waals surface area contributed by atoms with Crippen molar-refractivity contribution in [2.45, 2.75) is 18.1 Å². The van der Waals surface area contributed by atoms with Gasteiger partial charge in [0.2, 0.25) is 0 Å². The Morgan fingerprint density at radius 1 is 1.20 bits per heavy atom. The van der Waals surface area contributed by atoms with Gasteiger partial charge in [-0.25, -0.2) is 22.4 Å². The zero-order valence-corrected chi connectivity index (χ0v) is 12.1. The van der Waals surface area contributed by atoms with Crippen molar-refractivity contribution in [3.63, 3.8) is 0 Å². The molecule has 1 aromatic carbocycles. The van der Waals surface area contributed by atoms with Crippen molar-refractivity contribution in [2.24, 2.45) is 0 Å². The van der Waals surface area contributed by atoms with E-state index in [4.69, 9.17) is 9.90 Å². The van der Waals surface area contributed by atoms with Crippen LogP contribution in [0.15, 0.2) is 18.2 Å². The first-order valence-electron chi connectivity index (χ1n) is 6.50. The predicted molar refractivity (Wildman–Crippen MR) is 69.1 cm³/mol. The topological polar surface area (TPSA) is 78.4 Å². The normalized spacial score (nSPS) is 18.9. The molecule has 3 N–H and O–H groups in total. The van der Waals surface area contributed by atoms with E-state index < -0.39 is 53.8 Å². The lowest BCUT2D eigenvalue weighted by Gasteiger charge is -2.19. The van der Waals surface area contributed by atoms with Crippen molar-refractivity contribution < 1.29 is 45.4 Å². The summed E-state index contributed by atoms with van der Waals surface area (Å²) in [5, 5.41) is 11.5. The molecule has 0 bridgehead atoms. The van der Waals surface area contributed by atoms with Crippen LogP contribution in [0.4, 0.5) is 30.7 Å². The Hall–Kier alpha value is -2.37. The summed E-state index contributed by atoms with van der Waals surface area (Å²) in [4.78, 5) is 20.5. The highest BCUT2D eigenvalue weighted by Gasteiger charge is 2.45. The Morgan fingerprint density at radius 3 is 2.04 bits per heavy atom. The second-order valence-electron chi connectivity index (χ2n) is 4.82. The van der Waals surface area contributed by atoms with Crippen LogP contribution in [0.25, 0.3) is 0 Å². The lowest BCUT2D eigenvalue weighted by Crippen LogP contribution is -2.47. The molecular weight excluding hydrogens is 365 g/mol. The number of hydrogen-bond acceptors (Lipinski definition) is 3. The van der Waals surface area contributed by atoms with Crippen LogP contribution in [-0.4, -0.2) is 48.2 Å². The third-order valence-corrected chi connectivity index (χ3v) is 2.96. The monoisotopic (exact) mass is 376 g/mol. The molecular formula is C13H11F7N2O3. The molecule has 0 spiro atoms. The molecule has 5 nitrogen and oxygen atoms in total. The minimum atomic E-state index is -5.08. The lowest BCUT2D eigenvalue weighted by atomic mass is 10.1. The van der Waals surface area contributed by atoms with E-state index in [1.165, 1.54) is 0 Å². The van der Waals surface area contributed by atoms with Crippen molar-refractivity contribution in [1.29, 1.82) is 0 Å². The molecule has 0 saturated carbocycles. The summed E-state index contributed by atoms with van der Waals surface area (Å²) in [6.07, 6.45) is -5.08. The molecule has 2 rings (SSSR count).